The van der Waals surface area contributed by atoms with Crippen LogP contribution in [0.2, 0.25) is 0 Å². The average molecular weight is 1420 g/mol. The van der Waals surface area contributed by atoms with Gasteiger partial charge in [-0.05, 0) is 116 Å². The van der Waals surface area contributed by atoms with Crippen LogP contribution in [0.3, 0.4) is 0 Å². The second-order valence-corrected chi connectivity index (χ2v) is 24.3. The number of aromatic amines is 2. The molecule has 542 valence electrons. The molecule has 2 aliphatic rings. The number of rotatable bonds is 44. The van der Waals surface area contributed by atoms with Crippen molar-refractivity contribution in [2.45, 2.75) is 50.5 Å². The number of phenols is 2. The highest BCUT2D eigenvalue weighted by atomic mass is 32.1. The number of esters is 2. The number of hydrogen-bond acceptors (Lipinski definition) is 19. The predicted molar refractivity (Wildman–Crippen MR) is 380 cm³/mol. The number of aromatic hydroxyl groups is 2. The van der Waals surface area contributed by atoms with E-state index in [1.54, 1.807) is 30.3 Å². The molecule has 8 N–H and O–H groups in total. The van der Waals surface area contributed by atoms with Gasteiger partial charge in [0.15, 0.2) is 22.3 Å². The molecular weight excluding hydrogens is 1340 g/mol. The third-order valence-corrected chi connectivity index (χ3v) is 17.0. The van der Waals surface area contributed by atoms with Crippen LogP contribution in [0.4, 0.5) is 10.1 Å². The van der Waals surface area contributed by atoms with Gasteiger partial charge in [0, 0.05) is 120 Å². The number of nitrogens with zero attached hydrogens (tertiary/aromatic N) is 1. The number of H-pyrrole nitrogens is 2. The SMILES string of the molecule is O=C(CCCc1c[nH]c2ccccc12)NCCOCCN(CCOCCNC(=O)CCCc1c[nH]c2ccccc12)C(=O)c1ccc(OC(=O)CCOCCOCCOCCOCCOCCOCCNC(=S)Nc2ccc3c(c2)C(=O)OC32c3ccc(O)cc3Oc3cc(O)ccc32)c(F)c1. The highest BCUT2D eigenvalue weighted by Gasteiger charge is 2.54. The Labute approximate surface area is 594 Å². The molecule has 10 rings (SSSR count). The lowest BCUT2D eigenvalue weighted by Crippen LogP contribution is -2.37. The second-order valence-electron chi connectivity index (χ2n) is 23.9. The molecule has 0 saturated heterocycles. The van der Waals surface area contributed by atoms with Crippen LogP contribution in [0.1, 0.15) is 80.6 Å². The van der Waals surface area contributed by atoms with E-state index >= 15 is 4.39 Å². The summed E-state index contributed by atoms with van der Waals surface area (Å²) in [5.41, 5.74) is 5.62. The van der Waals surface area contributed by atoms with Crippen molar-refractivity contribution in [1.29, 1.82) is 0 Å². The fraction of sp³-hybridized carbons (Fsp3) is 0.387. The van der Waals surface area contributed by atoms with E-state index in [0.29, 0.717) is 136 Å². The number of aryl methyl sites for hydroxylation is 2. The lowest BCUT2D eigenvalue weighted by Gasteiger charge is -2.36. The summed E-state index contributed by atoms with van der Waals surface area (Å²) in [5.74, 6) is -2.69. The molecule has 0 bridgehead atoms. The highest BCUT2D eigenvalue weighted by Crippen LogP contribution is 2.57. The van der Waals surface area contributed by atoms with E-state index in [-0.39, 0.29) is 113 Å². The Morgan fingerprint density at radius 1 is 0.529 bits per heavy atom. The molecule has 2 aliphatic heterocycles. The van der Waals surface area contributed by atoms with Gasteiger partial charge in [0.05, 0.1) is 118 Å². The fourth-order valence-electron chi connectivity index (χ4n) is 11.8. The van der Waals surface area contributed by atoms with Crippen molar-refractivity contribution in [3.63, 3.8) is 0 Å². The van der Waals surface area contributed by atoms with Gasteiger partial charge in [0.1, 0.15) is 23.0 Å². The first-order chi connectivity index (χ1) is 49.8. The summed E-state index contributed by atoms with van der Waals surface area (Å²) in [7, 11) is 0. The minimum atomic E-state index is -1.36. The maximum atomic E-state index is 15.4. The van der Waals surface area contributed by atoms with E-state index in [4.69, 9.17) is 64.3 Å². The first-order valence-electron chi connectivity index (χ1n) is 34.2. The molecule has 0 atom stereocenters. The first-order valence-corrected chi connectivity index (χ1v) is 34.6. The molecule has 27 heteroatoms. The van der Waals surface area contributed by atoms with Gasteiger partial charge in [0.2, 0.25) is 11.8 Å². The predicted octanol–water partition coefficient (Wildman–Crippen LogP) is 8.90. The van der Waals surface area contributed by atoms with Gasteiger partial charge in [-0.15, -0.1) is 0 Å². The van der Waals surface area contributed by atoms with Crippen molar-refractivity contribution in [3.05, 3.63) is 178 Å². The Morgan fingerprint density at radius 2 is 1.01 bits per heavy atom. The summed E-state index contributed by atoms with van der Waals surface area (Å²) < 4.78 is 77.9. The third kappa shape index (κ3) is 21.5. The molecule has 0 aliphatic carbocycles. The van der Waals surface area contributed by atoms with Crippen LogP contribution in [0, 0.1) is 5.82 Å². The van der Waals surface area contributed by atoms with Gasteiger partial charge in [-0.1, -0.05) is 42.5 Å². The molecule has 1 spiro atoms. The molecule has 6 aromatic carbocycles. The third-order valence-electron chi connectivity index (χ3n) is 16.8. The minimum absolute atomic E-state index is 0.00488. The largest absolute Gasteiger partial charge is 0.508 e. The van der Waals surface area contributed by atoms with Crippen LogP contribution in [0.25, 0.3) is 21.8 Å². The zero-order chi connectivity index (χ0) is 71.3. The van der Waals surface area contributed by atoms with Gasteiger partial charge in [-0.25, -0.2) is 9.18 Å². The highest BCUT2D eigenvalue weighted by molar-refractivity contribution is 7.80. The molecule has 0 fully saturated rings. The summed E-state index contributed by atoms with van der Waals surface area (Å²) >= 11 is 5.49. The molecule has 25 nitrogen and oxygen atoms in total. The van der Waals surface area contributed by atoms with Gasteiger partial charge < -0.3 is 98.5 Å². The number of anilines is 1. The number of ether oxygens (including phenoxy) is 11. The Kier molecular flexibility index (Phi) is 28.7. The van der Waals surface area contributed by atoms with Crippen molar-refractivity contribution < 1.29 is 90.7 Å². The van der Waals surface area contributed by atoms with Gasteiger partial charge in [-0.3, -0.25) is 19.2 Å². The number of aromatic nitrogens is 2. The quantitative estimate of drug-likeness (QED) is 0.00764. The van der Waals surface area contributed by atoms with Crippen LogP contribution in [-0.2, 0) is 75.5 Å². The topological polar surface area (TPSA) is 310 Å². The number of hydrogen-bond donors (Lipinski definition) is 8. The molecule has 0 saturated carbocycles. The van der Waals surface area contributed by atoms with E-state index in [1.807, 2.05) is 48.8 Å². The molecule has 4 heterocycles. The molecule has 3 amide bonds. The number of benzene rings is 6. The summed E-state index contributed by atoms with van der Waals surface area (Å²) in [6.45, 7) is 5.53. The lowest BCUT2D eigenvalue weighted by atomic mass is 9.77. The maximum Gasteiger partial charge on any atom is 0.340 e. The Bertz CT molecular complexity index is 3960. The number of amides is 3. The van der Waals surface area contributed by atoms with Crippen molar-refractivity contribution in [1.82, 2.24) is 30.8 Å². The number of thiocarbonyl (C=S) groups is 1. The second kappa shape index (κ2) is 39.0. The Morgan fingerprint density at radius 3 is 1.54 bits per heavy atom. The van der Waals surface area contributed by atoms with Gasteiger partial charge >= 0.3 is 11.9 Å². The number of carbonyl (C=O) groups excluding carboxylic acids is 5. The lowest BCUT2D eigenvalue weighted by molar-refractivity contribution is -0.136. The van der Waals surface area contributed by atoms with Gasteiger partial charge in [-0.2, -0.15) is 0 Å². The van der Waals surface area contributed by atoms with Crippen LogP contribution in [0.5, 0.6) is 28.7 Å². The first kappa shape index (κ1) is 75.1. The Hall–Kier alpha value is -9.55. The van der Waals surface area contributed by atoms with Crippen LogP contribution >= 0.6 is 12.2 Å². The van der Waals surface area contributed by atoms with E-state index in [0.717, 1.165) is 51.8 Å². The monoisotopic (exact) mass is 1420 g/mol. The van der Waals surface area contributed by atoms with E-state index in [9.17, 15) is 34.2 Å². The Balaban J connectivity index is 0.528. The van der Waals surface area contributed by atoms with E-state index < -0.39 is 29.3 Å². The zero-order valence-electron chi connectivity index (χ0n) is 56.7. The summed E-state index contributed by atoms with van der Waals surface area (Å²) in [6.07, 6.45) is 7.42. The van der Waals surface area contributed by atoms with E-state index in [1.165, 1.54) is 41.3 Å². The van der Waals surface area contributed by atoms with Crippen LogP contribution in [-0.4, -0.2) is 198 Å². The molecule has 102 heavy (non-hydrogen) atoms. The smallest absolute Gasteiger partial charge is 0.340 e. The molecule has 2 aromatic heterocycles. The molecule has 8 aromatic rings. The number of carbonyl (C=O) groups is 5. The zero-order valence-corrected chi connectivity index (χ0v) is 57.5. The molecule has 0 unspecified atom stereocenters. The number of para-hydroxylation sites is 2. The standard InChI is InChI=1S/C75H86FN7O18S/c76-63-45-51(72(89)83(27-33-92-30-24-77-69(86)13-5-7-52-49-80-64-11-3-1-9-57(52)64)28-34-93-31-25-78-70(87)14-6-8-53-50-81-65-12-4-2-10-58(53)65)15-22-66(63)100-71(88)23-29-91-35-37-95-39-41-97-43-44-98-42-40-96-38-36-94-32-26-79-74(102)82-54-16-19-60-59(46-54)73(90)101-75(60)61-20-17-55(84)47-67(61)99-68-48-56(85)18-21-62(68)75/h1-4,9-12,15-22,45-50,80-81,84-85H,5-8,13-14,23-44H2,(H,77,86)(H,78,87)(H2,79,82,102). The minimum Gasteiger partial charge on any atom is -0.508 e. The van der Waals surface area contributed by atoms with Crippen molar-refractivity contribution >= 4 is 74.5 Å². The van der Waals surface area contributed by atoms with E-state index in [2.05, 4.69) is 43.4 Å². The summed E-state index contributed by atoms with van der Waals surface area (Å²) in [5, 5.41) is 35.0. The van der Waals surface area contributed by atoms with Crippen molar-refractivity contribution in [2.75, 3.05) is 144 Å². The number of halogens is 1. The van der Waals surface area contributed by atoms with Gasteiger partial charge in [0.25, 0.3) is 5.91 Å². The van der Waals surface area contributed by atoms with Crippen LogP contribution < -0.4 is 30.7 Å². The number of fused-ring (bicyclic) bond motifs is 8. The van der Waals surface area contributed by atoms with Crippen molar-refractivity contribution in [2.24, 2.45) is 0 Å². The summed E-state index contributed by atoms with van der Waals surface area (Å²) in [6, 6.07) is 34.1. The molecule has 0 radical (unpaired) electrons. The average Bonchev–Trinajstić information content (AvgIpc) is 1.47. The van der Waals surface area contributed by atoms with Crippen molar-refractivity contribution in [3.8, 4) is 28.7 Å². The van der Waals surface area contributed by atoms with Crippen LogP contribution in [0.15, 0.2) is 134 Å². The number of nitrogens with one attached hydrogen (secondary N) is 6. The molecular formula is C75H86FN7O18S. The maximum absolute atomic E-state index is 15.4. The normalized spacial score (nSPS) is 12.5. The number of phenolic OH excluding ortho intramolecular Hbond substituents is 2. The summed E-state index contributed by atoms with van der Waals surface area (Å²) in [4.78, 5) is 73.1. The fourth-order valence-corrected chi connectivity index (χ4v) is 12.0.